The molecular formula is C26H24Cl2FN5OS. The van der Waals surface area contributed by atoms with Crippen LogP contribution >= 0.6 is 34.5 Å². The summed E-state index contributed by atoms with van der Waals surface area (Å²) in [5, 5.41) is 12.5. The Morgan fingerprint density at radius 2 is 1.94 bits per heavy atom. The molecule has 1 aliphatic rings. The average molecular weight is 544 g/mol. The Hall–Kier alpha value is -2.78. The topological polar surface area (TPSA) is 56.7 Å². The van der Waals surface area contributed by atoms with Gasteiger partial charge in [-0.25, -0.2) is 13.7 Å². The maximum atomic E-state index is 13.3. The van der Waals surface area contributed by atoms with Crippen LogP contribution in [0.1, 0.15) is 29.7 Å². The number of ether oxygens (including phenoxy) is 1. The van der Waals surface area contributed by atoms with Crippen LogP contribution in [0.3, 0.4) is 0 Å². The first-order valence-corrected chi connectivity index (χ1v) is 13.2. The first-order chi connectivity index (χ1) is 17.5. The summed E-state index contributed by atoms with van der Waals surface area (Å²) in [6.07, 6.45) is 3.94. The summed E-state index contributed by atoms with van der Waals surface area (Å²) < 4.78 is 22.5. The Labute approximate surface area is 222 Å². The lowest BCUT2D eigenvalue weighted by Crippen LogP contribution is -2.17. The van der Waals surface area contributed by atoms with Crippen molar-refractivity contribution in [2.75, 3.05) is 13.2 Å². The highest BCUT2D eigenvalue weighted by Crippen LogP contribution is 2.24. The molecular weight excluding hydrogens is 520 g/mol. The van der Waals surface area contributed by atoms with E-state index in [2.05, 4.69) is 5.10 Å². The third-order valence-electron chi connectivity index (χ3n) is 5.94. The van der Waals surface area contributed by atoms with Gasteiger partial charge in [0.1, 0.15) is 11.0 Å². The molecule has 0 spiro atoms. The summed E-state index contributed by atoms with van der Waals surface area (Å²) in [6.45, 7) is 3.69. The molecule has 1 saturated heterocycles. The number of benzene rings is 2. The molecule has 186 valence electrons. The zero-order valence-electron chi connectivity index (χ0n) is 19.6. The number of aryl methyl sites for hydroxylation is 1. The molecule has 6 nitrogen and oxygen atoms in total. The molecule has 0 radical (unpaired) electrons. The molecule has 5 rings (SSSR count). The SMILES string of the molecule is Cc1nn(Cc2ccc(F)cc2)c(Cl)c1/C=N/n1c(-c2ccc(Cl)cc2)csc1=NCC1CCCO1. The van der Waals surface area contributed by atoms with E-state index in [0.717, 1.165) is 46.8 Å². The molecule has 0 bridgehead atoms. The fourth-order valence-corrected chi connectivity index (χ4v) is 5.26. The largest absolute Gasteiger partial charge is 0.376 e. The highest BCUT2D eigenvalue weighted by Gasteiger charge is 2.16. The molecule has 2 aromatic carbocycles. The Kier molecular flexibility index (Phi) is 7.67. The van der Waals surface area contributed by atoms with Crippen LogP contribution in [0.15, 0.2) is 64.0 Å². The van der Waals surface area contributed by atoms with Crippen molar-refractivity contribution in [3.8, 4) is 11.3 Å². The minimum Gasteiger partial charge on any atom is -0.376 e. The molecule has 3 heterocycles. The Bertz CT molecular complexity index is 1430. The quantitative estimate of drug-likeness (QED) is 0.261. The van der Waals surface area contributed by atoms with Crippen LogP contribution in [-0.4, -0.2) is 39.9 Å². The van der Waals surface area contributed by atoms with Gasteiger partial charge in [-0.15, -0.1) is 11.3 Å². The van der Waals surface area contributed by atoms with Gasteiger partial charge in [-0.05, 0) is 49.6 Å². The van der Waals surface area contributed by atoms with Gasteiger partial charge in [-0.2, -0.15) is 10.2 Å². The molecule has 1 aliphatic heterocycles. The smallest absolute Gasteiger partial charge is 0.206 e. The average Bonchev–Trinajstić information content (AvgIpc) is 3.59. The third-order valence-corrected chi connectivity index (χ3v) is 7.44. The monoisotopic (exact) mass is 543 g/mol. The van der Waals surface area contributed by atoms with E-state index < -0.39 is 0 Å². The number of thiazole rings is 1. The second kappa shape index (κ2) is 11.1. The van der Waals surface area contributed by atoms with Crippen molar-refractivity contribution in [1.82, 2.24) is 14.5 Å². The molecule has 0 aliphatic carbocycles. The van der Waals surface area contributed by atoms with Crippen molar-refractivity contribution in [3.63, 3.8) is 0 Å². The molecule has 2 aromatic heterocycles. The van der Waals surface area contributed by atoms with Crippen LogP contribution in [-0.2, 0) is 11.3 Å². The van der Waals surface area contributed by atoms with E-state index in [-0.39, 0.29) is 11.9 Å². The second-order valence-electron chi connectivity index (χ2n) is 8.52. The first kappa shape index (κ1) is 24.9. The van der Waals surface area contributed by atoms with Gasteiger partial charge in [0.2, 0.25) is 4.80 Å². The van der Waals surface area contributed by atoms with Gasteiger partial charge in [0.25, 0.3) is 0 Å². The van der Waals surface area contributed by atoms with E-state index in [9.17, 15) is 4.39 Å². The summed E-state index contributed by atoms with van der Waals surface area (Å²) in [4.78, 5) is 5.57. The summed E-state index contributed by atoms with van der Waals surface area (Å²) in [7, 11) is 0. The fraction of sp³-hybridized carbons (Fsp3) is 0.269. The van der Waals surface area contributed by atoms with Crippen LogP contribution in [0.2, 0.25) is 10.2 Å². The van der Waals surface area contributed by atoms with Crippen LogP contribution < -0.4 is 4.80 Å². The zero-order valence-corrected chi connectivity index (χ0v) is 21.9. The molecule has 10 heteroatoms. The maximum Gasteiger partial charge on any atom is 0.206 e. The van der Waals surface area contributed by atoms with Crippen LogP contribution in [0.25, 0.3) is 11.3 Å². The maximum absolute atomic E-state index is 13.3. The van der Waals surface area contributed by atoms with Crippen LogP contribution in [0, 0.1) is 12.7 Å². The molecule has 0 N–H and O–H groups in total. The van der Waals surface area contributed by atoms with Crippen LogP contribution in [0.4, 0.5) is 4.39 Å². The van der Waals surface area contributed by atoms with Gasteiger partial charge >= 0.3 is 0 Å². The van der Waals surface area contributed by atoms with Gasteiger partial charge in [-0.3, -0.25) is 4.99 Å². The van der Waals surface area contributed by atoms with E-state index in [0.29, 0.717) is 28.8 Å². The van der Waals surface area contributed by atoms with Gasteiger partial charge in [-0.1, -0.05) is 47.5 Å². The van der Waals surface area contributed by atoms with Crippen molar-refractivity contribution in [1.29, 1.82) is 0 Å². The highest BCUT2D eigenvalue weighted by atomic mass is 35.5. The van der Waals surface area contributed by atoms with Crippen molar-refractivity contribution in [2.24, 2.45) is 10.1 Å². The van der Waals surface area contributed by atoms with Gasteiger partial charge in [0, 0.05) is 22.6 Å². The summed E-state index contributed by atoms with van der Waals surface area (Å²) in [6, 6.07) is 13.9. The first-order valence-electron chi connectivity index (χ1n) is 11.6. The number of nitrogens with zero attached hydrogens (tertiary/aromatic N) is 5. The van der Waals surface area contributed by atoms with E-state index in [1.54, 1.807) is 23.0 Å². The molecule has 1 atom stereocenters. The fourth-order valence-electron chi connectivity index (χ4n) is 4.00. The zero-order chi connectivity index (χ0) is 25.1. The lowest BCUT2D eigenvalue weighted by Gasteiger charge is -2.06. The minimum absolute atomic E-state index is 0.143. The van der Waals surface area contributed by atoms with Crippen molar-refractivity contribution < 1.29 is 9.13 Å². The van der Waals surface area contributed by atoms with E-state index in [4.69, 9.17) is 38.0 Å². The van der Waals surface area contributed by atoms with Crippen molar-refractivity contribution in [2.45, 2.75) is 32.4 Å². The third kappa shape index (κ3) is 5.62. The number of aromatic nitrogens is 3. The number of halogens is 3. The molecule has 0 amide bonds. The van der Waals surface area contributed by atoms with E-state index >= 15 is 0 Å². The van der Waals surface area contributed by atoms with Gasteiger partial charge < -0.3 is 4.74 Å². The molecule has 36 heavy (non-hydrogen) atoms. The predicted molar refractivity (Wildman–Crippen MR) is 143 cm³/mol. The summed E-state index contributed by atoms with van der Waals surface area (Å²) >= 11 is 14.3. The van der Waals surface area contributed by atoms with Crippen LogP contribution in [0.5, 0.6) is 0 Å². The number of hydrogen-bond donors (Lipinski definition) is 0. The standard InChI is InChI=1S/C26H24Cl2FN5OS/c1-17-23(25(28)33(32-17)15-18-4-10-21(29)11-5-18)14-31-34-24(19-6-8-20(27)9-7-19)16-36-26(34)30-13-22-3-2-12-35-22/h4-11,14,16,22H,2-3,12-13,15H2,1H3/b30-26?,31-14+. The second-order valence-corrected chi connectivity index (χ2v) is 10.1. The molecule has 4 aromatic rings. The number of rotatable bonds is 7. The Morgan fingerprint density at radius 1 is 1.17 bits per heavy atom. The normalized spacial score (nSPS) is 16.4. The number of hydrogen-bond acceptors (Lipinski definition) is 5. The van der Waals surface area contributed by atoms with Crippen molar-refractivity contribution >= 4 is 40.8 Å². The molecule has 1 unspecified atom stereocenters. The van der Waals surface area contributed by atoms with Crippen molar-refractivity contribution in [3.05, 3.63) is 91.5 Å². The van der Waals surface area contributed by atoms with Gasteiger partial charge in [0.15, 0.2) is 0 Å². The van der Waals surface area contributed by atoms with Gasteiger partial charge in [0.05, 0.1) is 42.4 Å². The van der Waals surface area contributed by atoms with E-state index in [1.807, 2.05) is 41.2 Å². The Balaban J connectivity index is 1.48. The molecule has 0 saturated carbocycles. The lowest BCUT2D eigenvalue weighted by atomic mass is 10.2. The lowest BCUT2D eigenvalue weighted by molar-refractivity contribution is 0.117. The summed E-state index contributed by atoms with van der Waals surface area (Å²) in [5.74, 6) is -0.278. The highest BCUT2D eigenvalue weighted by molar-refractivity contribution is 7.07. The Morgan fingerprint density at radius 3 is 2.67 bits per heavy atom. The van der Waals surface area contributed by atoms with E-state index in [1.165, 1.54) is 23.5 Å². The summed E-state index contributed by atoms with van der Waals surface area (Å²) in [5.41, 5.74) is 4.22. The molecule has 1 fully saturated rings. The predicted octanol–water partition coefficient (Wildman–Crippen LogP) is 6.18. The minimum atomic E-state index is -0.278.